The molecule has 2 nitrogen and oxygen atoms in total. The molecule has 3 atom stereocenters. The van der Waals surface area contributed by atoms with Gasteiger partial charge >= 0.3 is 0 Å². The quantitative estimate of drug-likeness (QED) is 0.224. The first-order chi connectivity index (χ1) is 13.8. The maximum absolute atomic E-state index is 5.77. The normalized spacial score (nSPS) is 22.4. The smallest absolute Gasteiger partial charge is 0.106 e. The molecule has 2 aliphatic heterocycles. The highest BCUT2D eigenvalue weighted by atomic mass is 16.6. The van der Waals surface area contributed by atoms with E-state index in [1.54, 1.807) is 0 Å². The van der Waals surface area contributed by atoms with Crippen LogP contribution in [0.3, 0.4) is 0 Å². The molecule has 0 saturated carbocycles. The highest BCUT2D eigenvalue weighted by Gasteiger charge is 2.36. The van der Waals surface area contributed by atoms with Crippen molar-refractivity contribution in [3.05, 3.63) is 35.9 Å². The molecule has 0 aliphatic carbocycles. The summed E-state index contributed by atoms with van der Waals surface area (Å²) < 4.78 is 10.9. The molecule has 0 radical (unpaired) electrons. The molecule has 2 aliphatic rings. The first-order valence-electron chi connectivity index (χ1n) is 12.2. The number of unbranched alkanes of at least 4 members (excludes halogenated alkanes) is 10. The van der Waals surface area contributed by atoms with Gasteiger partial charge in [0.25, 0.3) is 0 Å². The molecular formula is C26H44O2. The summed E-state index contributed by atoms with van der Waals surface area (Å²) in [6.07, 6.45) is 21.2. The van der Waals surface area contributed by atoms with E-state index >= 15 is 0 Å². The van der Waals surface area contributed by atoms with Crippen molar-refractivity contribution in [3.8, 4) is 0 Å². The third-order valence-corrected chi connectivity index (χ3v) is 5.88. The maximum Gasteiger partial charge on any atom is 0.106 e. The zero-order chi connectivity index (χ0) is 19.9. The van der Waals surface area contributed by atoms with E-state index in [-0.39, 0.29) is 0 Å². The summed E-state index contributed by atoms with van der Waals surface area (Å²) in [6.45, 7) is 5.47. The fourth-order valence-corrected chi connectivity index (χ4v) is 3.85. The SMILES string of the molecule is CCCCCCCCC1OC1CCCCCCCC.c1ccc(C2CO2)cc1. The van der Waals surface area contributed by atoms with Crippen molar-refractivity contribution in [1.29, 1.82) is 0 Å². The summed E-state index contributed by atoms with van der Waals surface area (Å²) in [5.74, 6) is 0. The Labute approximate surface area is 174 Å². The van der Waals surface area contributed by atoms with E-state index in [2.05, 4.69) is 26.0 Å². The Kier molecular flexibility index (Phi) is 12.6. The molecule has 1 aromatic rings. The Balaban J connectivity index is 0.000000255. The maximum atomic E-state index is 5.77. The summed E-state index contributed by atoms with van der Waals surface area (Å²) in [5, 5.41) is 0. The van der Waals surface area contributed by atoms with E-state index in [1.165, 1.54) is 95.5 Å². The lowest BCUT2D eigenvalue weighted by Crippen LogP contribution is -1.94. The van der Waals surface area contributed by atoms with Gasteiger partial charge in [-0.05, 0) is 18.4 Å². The molecule has 3 rings (SSSR count). The van der Waals surface area contributed by atoms with Crippen LogP contribution in [0.4, 0.5) is 0 Å². The molecule has 3 unspecified atom stereocenters. The van der Waals surface area contributed by atoms with Crippen LogP contribution in [0.25, 0.3) is 0 Å². The second-order valence-electron chi connectivity index (χ2n) is 8.56. The Morgan fingerprint density at radius 2 is 1.14 bits per heavy atom. The minimum Gasteiger partial charge on any atom is -0.370 e. The zero-order valence-electron chi connectivity index (χ0n) is 18.5. The lowest BCUT2D eigenvalue weighted by molar-refractivity contribution is 0.347. The van der Waals surface area contributed by atoms with Gasteiger partial charge in [-0.1, -0.05) is 121 Å². The molecule has 0 amide bonds. The van der Waals surface area contributed by atoms with Crippen molar-refractivity contribution in [3.63, 3.8) is 0 Å². The van der Waals surface area contributed by atoms with Crippen molar-refractivity contribution in [1.82, 2.24) is 0 Å². The van der Waals surface area contributed by atoms with Crippen molar-refractivity contribution in [2.75, 3.05) is 6.61 Å². The number of benzene rings is 1. The van der Waals surface area contributed by atoms with E-state index in [0.717, 1.165) is 6.61 Å². The predicted molar refractivity (Wildman–Crippen MR) is 120 cm³/mol. The molecule has 0 spiro atoms. The van der Waals surface area contributed by atoms with Crippen LogP contribution < -0.4 is 0 Å². The molecular weight excluding hydrogens is 344 g/mol. The second kappa shape index (κ2) is 15.0. The van der Waals surface area contributed by atoms with Crippen LogP contribution in [0.1, 0.15) is 115 Å². The van der Waals surface area contributed by atoms with Crippen LogP contribution in [0.5, 0.6) is 0 Å². The Morgan fingerprint density at radius 3 is 1.61 bits per heavy atom. The number of epoxide rings is 2. The van der Waals surface area contributed by atoms with Crippen LogP contribution in [-0.2, 0) is 9.47 Å². The third kappa shape index (κ3) is 11.2. The molecule has 0 bridgehead atoms. The summed E-state index contributed by atoms with van der Waals surface area (Å²) in [4.78, 5) is 0. The summed E-state index contributed by atoms with van der Waals surface area (Å²) in [5.41, 5.74) is 1.30. The number of rotatable bonds is 15. The molecule has 0 N–H and O–H groups in total. The molecule has 2 heterocycles. The fourth-order valence-electron chi connectivity index (χ4n) is 3.85. The standard InChI is InChI=1S/C18H36O.C8H8O/c1-3-5-7-9-11-13-15-17-18(19-17)16-14-12-10-8-6-4-2;1-2-4-7(5-3-1)8-6-9-8/h17-18H,3-16H2,1-2H3;1-5,8H,6H2. The molecule has 160 valence electrons. The van der Waals surface area contributed by atoms with E-state index in [0.29, 0.717) is 18.3 Å². The van der Waals surface area contributed by atoms with E-state index in [1.807, 2.05) is 18.2 Å². The van der Waals surface area contributed by atoms with Gasteiger partial charge in [-0.15, -0.1) is 0 Å². The van der Waals surface area contributed by atoms with Gasteiger partial charge in [-0.2, -0.15) is 0 Å². The first-order valence-corrected chi connectivity index (χ1v) is 12.2. The van der Waals surface area contributed by atoms with Gasteiger partial charge in [0.2, 0.25) is 0 Å². The topological polar surface area (TPSA) is 25.1 Å². The molecule has 0 aromatic heterocycles. The van der Waals surface area contributed by atoms with Gasteiger partial charge in [0.15, 0.2) is 0 Å². The van der Waals surface area contributed by atoms with Crippen LogP contribution in [0.2, 0.25) is 0 Å². The number of hydrogen-bond donors (Lipinski definition) is 0. The third-order valence-electron chi connectivity index (χ3n) is 5.88. The summed E-state index contributed by atoms with van der Waals surface area (Å²) in [7, 11) is 0. The van der Waals surface area contributed by atoms with Gasteiger partial charge < -0.3 is 9.47 Å². The second-order valence-corrected chi connectivity index (χ2v) is 8.56. The molecule has 2 heteroatoms. The van der Waals surface area contributed by atoms with Gasteiger partial charge in [0.05, 0.1) is 18.8 Å². The highest BCUT2D eigenvalue weighted by molar-refractivity contribution is 5.19. The lowest BCUT2D eigenvalue weighted by Gasteiger charge is -2.00. The number of ether oxygens (including phenoxy) is 2. The van der Waals surface area contributed by atoms with Crippen LogP contribution in [-0.4, -0.2) is 18.8 Å². The van der Waals surface area contributed by atoms with E-state index < -0.39 is 0 Å². The predicted octanol–water partition coefficient (Wildman–Crippen LogP) is 8.01. The molecule has 1 aromatic carbocycles. The van der Waals surface area contributed by atoms with Crippen molar-refractivity contribution < 1.29 is 9.47 Å². The Bertz CT molecular complexity index is 449. The molecule has 2 fully saturated rings. The zero-order valence-corrected chi connectivity index (χ0v) is 18.5. The summed E-state index contributed by atoms with van der Waals surface area (Å²) >= 11 is 0. The lowest BCUT2D eigenvalue weighted by atomic mass is 10.0. The highest BCUT2D eigenvalue weighted by Crippen LogP contribution is 2.32. The van der Waals surface area contributed by atoms with Gasteiger partial charge in [0, 0.05) is 0 Å². The minimum absolute atomic E-state index is 0.409. The van der Waals surface area contributed by atoms with Crippen molar-refractivity contribution >= 4 is 0 Å². The summed E-state index contributed by atoms with van der Waals surface area (Å²) in [6, 6.07) is 10.3. The van der Waals surface area contributed by atoms with Crippen LogP contribution in [0, 0.1) is 0 Å². The van der Waals surface area contributed by atoms with Crippen LogP contribution >= 0.6 is 0 Å². The van der Waals surface area contributed by atoms with E-state index in [9.17, 15) is 0 Å². The van der Waals surface area contributed by atoms with E-state index in [4.69, 9.17) is 9.47 Å². The molecule has 2 saturated heterocycles. The van der Waals surface area contributed by atoms with Crippen LogP contribution in [0.15, 0.2) is 30.3 Å². The van der Waals surface area contributed by atoms with Crippen molar-refractivity contribution in [2.45, 2.75) is 122 Å². The number of hydrogen-bond acceptors (Lipinski definition) is 2. The first kappa shape index (κ1) is 23.4. The van der Waals surface area contributed by atoms with Crippen molar-refractivity contribution in [2.24, 2.45) is 0 Å². The molecule has 28 heavy (non-hydrogen) atoms. The average molecular weight is 389 g/mol. The minimum atomic E-state index is 0.409. The fraction of sp³-hybridized carbons (Fsp3) is 0.769. The van der Waals surface area contributed by atoms with Gasteiger partial charge in [-0.3, -0.25) is 0 Å². The average Bonchev–Trinajstić information content (AvgIpc) is 3.64. The monoisotopic (exact) mass is 388 g/mol. The van der Waals surface area contributed by atoms with Gasteiger partial charge in [0.1, 0.15) is 6.10 Å². The Morgan fingerprint density at radius 1 is 0.679 bits per heavy atom. The van der Waals surface area contributed by atoms with Gasteiger partial charge in [-0.25, -0.2) is 0 Å². The largest absolute Gasteiger partial charge is 0.370 e. The Hall–Kier alpha value is -0.860.